The number of hydrogen-bond acceptors (Lipinski definition) is 5. The second-order valence-electron chi connectivity index (χ2n) is 10.1. The van der Waals surface area contributed by atoms with E-state index in [1.807, 2.05) is 111 Å². The molecule has 7 heteroatoms. The van der Waals surface area contributed by atoms with Crippen LogP contribution < -0.4 is 19.7 Å². The van der Waals surface area contributed by atoms with E-state index in [4.69, 9.17) is 9.47 Å². The number of ether oxygens (including phenoxy) is 2. The van der Waals surface area contributed by atoms with Crippen molar-refractivity contribution in [2.45, 2.75) is 25.9 Å². The molecule has 0 radical (unpaired) electrons. The zero-order chi connectivity index (χ0) is 28.1. The molecule has 7 nitrogen and oxygen atoms in total. The van der Waals surface area contributed by atoms with Crippen LogP contribution in [0.4, 0.5) is 11.4 Å². The molecule has 4 aromatic rings. The fourth-order valence-corrected chi connectivity index (χ4v) is 4.78. The molecule has 0 saturated heterocycles. The summed E-state index contributed by atoms with van der Waals surface area (Å²) >= 11 is 0. The van der Waals surface area contributed by atoms with Gasteiger partial charge in [-0.05, 0) is 65.6 Å². The molecular formula is C33H33N3O4. The molecular weight excluding hydrogens is 502 g/mol. The number of aryl methyl sites for hydroxylation is 1. The number of amides is 2. The summed E-state index contributed by atoms with van der Waals surface area (Å²) in [6.45, 7) is 2.40. The monoisotopic (exact) mass is 535 g/mol. The lowest BCUT2D eigenvalue weighted by atomic mass is 9.99. The fraction of sp³-hybridized carbons (Fsp3) is 0.212. The number of hydrogen-bond donors (Lipinski definition) is 1. The number of carbonyl (C=O) groups excluding carboxylic acids is 2. The van der Waals surface area contributed by atoms with E-state index in [0.29, 0.717) is 22.7 Å². The molecule has 0 fully saturated rings. The largest absolute Gasteiger partial charge is 0.454 e. The van der Waals surface area contributed by atoms with E-state index in [9.17, 15) is 9.59 Å². The van der Waals surface area contributed by atoms with E-state index in [2.05, 4.69) is 5.32 Å². The Morgan fingerprint density at radius 3 is 2.27 bits per heavy atom. The minimum absolute atomic E-state index is 0.119. The van der Waals surface area contributed by atoms with Crippen LogP contribution in [0.25, 0.3) is 0 Å². The minimum atomic E-state index is -0.918. The topological polar surface area (TPSA) is 71.1 Å². The molecule has 1 N–H and O–H groups in total. The van der Waals surface area contributed by atoms with Gasteiger partial charge in [0.2, 0.25) is 12.7 Å². The predicted octanol–water partition coefficient (Wildman–Crippen LogP) is 5.74. The molecule has 2 amide bonds. The van der Waals surface area contributed by atoms with Crippen LogP contribution in [0.1, 0.15) is 28.3 Å². The van der Waals surface area contributed by atoms with Crippen LogP contribution in [0, 0.1) is 6.92 Å². The van der Waals surface area contributed by atoms with Gasteiger partial charge in [-0.15, -0.1) is 0 Å². The molecule has 40 heavy (non-hydrogen) atoms. The van der Waals surface area contributed by atoms with Gasteiger partial charge < -0.3 is 24.6 Å². The second kappa shape index (κ2) is 11.9. The van der Waals surface area contributed by atoms with Gasteiger partial charge in [-0.1, -0.05) is 60.7 Å². The third-order valence-corrected chi connectivity index (χ3v) is 7.04. The molecule has 0 aromatic heterocycles. The highest BCUT2D eigenvalue weighted by Crippen LogP contribution is 2.37. The van der Waals surface area contributed by atoms with Crippen LogP contribution in [-0.4, -0.2) is 37.6 Å². The molecule has 0 saturated carbocycles. The van der Waals surface area contributed by atoms with Gasteiger partial charge in [0.05, 0.1) is 6.42 Å². The van der Waals surface area contributed by atoms with Gasteiger partial charge in [-0.3, -0.25) is 9.59 Å². The van der Waals surface area contributed by atoms with E-state index in [1.54, 1.807) is 17.0 Å². The Bertz CT molecular complexity index is 1490. The average molecular weight is 536 g/mol. The van der Waals surface area contributed by atoms with E-state index < -0.39 is 6.04 Å². The summed E-state index contributed by atoms with van der Waals surface area (Å²) in [4.78, 5) is 31.8. The first kappa shape index (κ1) is 26.8. The first-order chi connectivity index (χ1) is 19.4. The lowest BCUT2D eigenvalue weighted by Crippen LogP contribution is -2.41. The Labute approximate surface area is 235 Å². The van der Waals surface area contributed by atoms with Crippen molar-refractivity contribution in [3.63, 3.8) is 0 Å². The van der Waals surface area contributed by atoms with Crippen LogP contribution in [-0.2, 0) is 22.6 Å². The van der Waals surface area contributed by atoms with Crippen molar-refractivity contribution < 1.29 is 19.1 Å². The van der Waals surface area contributed by atoms with E-state index in [1.165, 1.54) is 0 Å². The molecule has 1 unspecified atom stereocenters. The lowest BCUT2D eigenvalue weighted by Gasteiger charge is -2.32. The van der Waals surface area contributed by atoms with E-state index in [-0.39, 0.29) is 31.6 Å². The normalized spacial score (nSPS) is 12.5. The third kappa shape index (κ3) is 6.10. The zero-order valence-corrected chi connectivity index (χ0v) is 23.0. The van der Waals surface area contributed by atoms with Gasteiger partial charge in [-0.2, -0.15) is 0 Å². The Balaban J connectivity index is 1.55. The molecule has 5 rings (SSSR count). The van der Waals surface area contributed by atoms with Crippen molar-refractivity contribution in [2.75, 3.05) is 31.1 Å². The predicted molar refractivity (Wildman–Crippen MR) is 157 cm³/mol. The number of anilines is 2. The van der Waals surface area contributed by atoms with Crippen molar-refractivity contribution in [1.82, 2.24) is 4.90 Å². The average Bonchev–Trinajstić information content (AvgIpc) is 3.43. The summed E-state index contributed by atoms with van der Waals surface area (Å²) in [5.74, 6) is 0.696. The molecule has 4 aromatic carbocycles. The quantitative estimate of drug-likeness (QED) is 0.296. The fourth-order valence-electron chi connectivity index (χ4n) is 4.78. The van der Waals surface area contributed by atoms with Gasteiger partial charge in [0, 0.05) is 32.0 Å². The van der Waals surface area contributed by atoms with Gasteiger partial charge >= 0.3 is 0 Å². The van der Waals surface area contributed by atoms with Crippen molar-refractivity contribution in [1.29, 1.82) is 0 Å². The highest BCUT2D eigenvalue weighted by molar-refractivity contribution is 5.98. The summed E-state index contributed by atoms with van der Waals surface area (Å²) in [6, 6.07) is 29.6. The molecule has 0 bridgehead atoms. The number of carbonyl (C=O) groups is 2. The van der Waals surface area contributed by atoms with Crippen LogP contribution in [0.5, 0.6) is 11.5 Å². The minimum Gasteiger partial charge on any atom is -0.454 e. The maximum Gasteiger partial charge on any atom is 0.251 e. The molecule has 1 atom stereocenters. The summed E-state index contributed by atoms with van der Waals surface area (Å²) in [6.07, 6.45) is 0.165. The summed E-state index contributed by atoms with van der Waals surface area (Å²) in [5.41, 5.74) is 5.20. The van der Waals surface area contributed by atoms with Crippen molar-refractivity contribution >= 4 is 23.2 Å². The van der Waals surface area contributed by atoms with Crippen molar-refractivity contribution in [3.8, 4) is 11.5 Å². The number of nitrogens with zero attached hydrogens (tertiary/aromatic N) is 2. The zero-order valence-electron chi connectivity index (χ0n) is 23.0. The van der Waals surface area contributed by atoms with Crippen molar-refractivity contribution in [2.24, 2.45) is 0 Å². The molecule has 0 spiro atoms. The van der Waals surface area contributed by atoms with Crippen LogP contribution in [0.2, 0.25) is 0 Å². The molecule has 0 aliphatic carbocycles. The summed E-state index contributed by atoms with van der Waals surface area (Å²) in [5, 5.41) is 3.05. The molecule has 1 heterocycles. The Hall–Kier alpha value is -4.78. The highest BCUT2D eigenvalue weighted by Gasteiger charge is 2.33. The number of fused-ring (bicyclic) bond motifs is 1. The smallest absolute Gasteiger partial charge is 0.251 e. The number of benzene rings is 4. The molecule has 1 aliphatic rings. The Morgan fingerprint density at radius 2 is 1.55 bits per heavy atom. The van der Waals surface area contributed by atoms with Gasteiger partial charge in [0.15, 0.2) is 11.5 Å². The highest BCUT2D eigenvalue weighted by atomic mass is 16.7. The van der Waals surface area contributed by atoms with Gasteiger partial charge in [0.1, 0.15) is 6.04 Å². The second-order valence-corrected chi connectivity index (χ2v) is 10.1. The van der Waals surface area contributed by atoms with Crippen LogP contribution in [0.15, 0.2) is 97.1 Å². The molecule has 204 valence electrons. The lowest BCUT2D eigenvalue weighted by molar-refractivity contribution is -0.139. The van der Waals surface area contributed by atoms with Crippen LogP contribution in [0.3, 0.4) is 0 Å². The number of rotatable bonds is 9. The number of nitrogens with one attached hydrogen (secondary N) is 1. The first-order valence-electron chi connectivity index (χ1n) is 13.2. The maximum absolute atomic E-state index is 14.1. The molecule has 1 aliphatic heterocycles. The maximum atomic E-state index is 14.1. The Morgan fingerprint density at radius 1 is 0.850 bits per heavy atom. The SMILES string of the molecule is Cc1ccccc1CN(C(=O)Cc1ccccc1)C(C(=O)Nc1ccc(N(C)C)cc1)c1ccc2c(c1)OCO2. The first-order valence-corrected chi connectivity index (χ1v) is 13.2. The van der Waals surface area contributed by atoms with Crippen molar-refractivity contribution in [3.05, 3.63) is 119 Å². The van der Waals surface area contributed by atoms with Gasteiger partial charge in [0.25, 0.3) is 5.91 Å². The standard InChI is InChI=1S/C33H33N3O4/c1-23-9-7-8-12-26(23)21-36(31(37)19-24-10-5-4-6-11-24)32(25-13-18-29-30(20-25)40-22-39-29)33(38)34-27-14-16-28(17-15-27)35(2)3/h4-18,20,32H,19,21-22H2,1-3H3,(H,34,38). The summed E-state index contributed by atoms with van der Waals surface area (Å²) in [7, 11) is 3.93. The van der Waals surface area contributed by atoms with E-state index >= 15 is 0 Å². The van der Waals surface area contributed by atoms with Crippen LogP contribution >= 0.6 is 0 Å². The summed E-state index contributed by atoms with van der Waals surface area (Å²) < 4.78 is 11.1. The van der Waals surface area contributed by atoms with Gasteiger partial charge in [-0.25, -0.2) is 0 Å². The van der Waals surface area contributed by atoms with E-state index in [0.717, 1.165) is 22.4 Å². The third-order valence-electron chi connectivity index (χ3n) is 7.04. The Kier molecular flexibility index (Phi) is 8.01.